The van der Waals surface area contributed by atoms with Crippen molar-refractivity contribution in [2.24, 2.45) is 5.10 Å². The fourth-order valence-electron chi connectivity index (χ4n) is 3.18. The smallest absolute Gasteiger partial charge is 0.347 e. The first-order chi connectivity index (χ1) is 16.2. The third-order valence-corrected chi connectivity index (χ3v) is 5.28. The van der Waals surface area contributed by atoms with Gasteiger partial charge in [0, 0.05) is 28.6 Å². The fraction of sp³-hybridized carbons (Fsp3) is 0.304. The van der Waals surface area contributed by atoms with E-state index in [2.05, 4.69) is 26.0 Å². The SMILES string of the molecule is CCCc1nc2ccc(Br)cc2c(=O)n1N=Cc1cc([N+](=O)[O-])ccc1O[C@H](C)C(=O)OCC. The summed E-state index contributed by atoms with van der Waals surface area (Å²) in [6.45, 7) is 5.33. The topological polar surface area (TPSA) is 126 Å². The summed E-state index contributed by atoms with van der Waals surface area (Å²) < 4.78 is 12.5. The van der Waals surface area contributed by atoms with E-state index in [0.717, 1.165) is 10.9 Å². The van der Waals surface area contributed by atoms with Crippen LogP contribution in [0.25, 0.3) is 10.9 Å². The van der Waals surface area contributed by atoms with Gasteiger partial charge in [-0.25, -0.2) is 9.78 Å². The number of aryl methyl sites for hydroxylation is 1. The van der Waals surface area contributed by atoms with Crippen molar-refractivity contribution in [3.63, 3.8) is 0 Å². The van der Waals surface area contributed by atoms with E-state index in [1.165, 1.54) is 36.0 Å². The standard InChI is InChI=1S/C23H23BrN4O6/c1-4-6-21-26-19-9-7-16(24)12-18(19)22(29)27(21)25-13-15-11-17(28(31)32)8-10-20(15)34-14(3)23(30)33-5-2/h7-14H,4-6H2,1-3H3/t14-/m1/s1. The molecular weight excluding hydrogens is 508 g/mol. The van der Waals surface area contributed by atoms with Gasteiger partial charge in [0.15, 0.2) is 6.10 Å². The van der Waals surface area contributed by atoms with Gasteiger partial charge in [-0.2, -0.15) is 9.78 Å². The van der Waals surface area contributed by atoms with Crippen LogP contribution in [0.2, 0.25) is 0 Å². The summed E-state index contributed by atoms with van der Waals surface area (Å²) in [4.78, 5) is 40.5. The molecule has 3 rings (SSSR count). The molecule has 1 atom stereocenters. The van der Waals surface area contributed by atoms with Crippen LogP contribution >= 0.6 is 15.9 Å². The zero-order valence-corrected chi connectivity index (χ0v) is 20.4. The molecule has 0 radical (unpaired) electrons. The number of carbonyl (C=O) groups is 1. The molecule has 0 saturated carbocycles. The number of carbonyl (C=O) groups excluding carboxylic acids is 1. The lowest BCUT2D eigenvalue weighted by atomic mass is 10.2. The zero-order chi connectivity index (χ0) is 24.8. The van der Waals surface area contributed by atoms with Gasteiger partial charge in [-0.15, -0.1) is 0 Å². The van der Waals surface area contributed by atoms with Gasteiger partial charge in [-0.3, -0.25) is 14.9 Å². The summed E-state index contributed by atoms with van der Waals surface area (Å²) in [7, 11) is 0. The molecule has 0 aliphatic heterocycles. The van der Waals surface area contributed by atoms with Crippen molar-refractivity contribution >= 4 is 44.7 Å². The Balaban J connectivity index is 2.10. The molecule has 3 aromatic rings. The van der Waals surface area contributed by atoms with Gasteiger partial charge in [0.2, 0.25) is 0 Å². The molecule has 0 spiro atoms. The molecule has 0 N–H and O–H groups in total. The van der Waals surface area contributed by atoms with Crippen molar-refractivity contribution in [2.75, 3.05) is 6.61 Å². The summed E-state index contributed by atoms with van der Waals surface area (Å²) in [6, 6.07) is 9.10. The minimum atomic E-state index is -0.952. The van der Waals surface area contributed by atoms with Gasteiger partial charge in [0.25, 0.3) is 11.2 Å². The molecule has 0 amide bonds. The van der Waals surface area contributed by atoms with Crippen LogP contribution in [0, 0.1) is 10.1 Å². The first-order valence-electron chi connectivity index (χ1n) is 10.6. The van der Waals surface area contributed by atoms with Crippen LogP contribution < -0.4 is 10.3 Å². The average molecular weight is 531 g/mol. The van der Waals surface area contributed by atoms with Crippen molar-refractivity contribution in [1.29, 1.82) is 0 Å². The maximum Gasteiger partial charge on any atom is 0.347 e. The number of aromatic nitrogens is 2. The molecule has 0 saturated heterocycles. The quantitative estimate of drug-likeness (QED) is 0.175. The van der Waals surface area contributed by atoms with E-state index in [1.54, 1.807) is 25.1 Å². The maximum absolute atomic E-state index is 13.2. The second kappa shape index (κ2) is 11.0. The average Bonchev–Trinajstić information content (AvgIpc) is 2.80. The molecule has 11 heteroatoms. The Bertz CT molecular complexity index is 1320. The molecule has 0 aliphatic carbocycles. The van der Waals surface area contributed by atoms with E-state index in [9.17, 15) is 19.7 Å². The highest BCUT2D eigenvalue weighted by Crippen LogP contribution is 2.24. The molecule has 1 heterocycles. The summed E-state index contributed by atoms with van der Waals surface area (Å²) in [5.41, 5.74) is 0.192. The van der Waals surface area contributed by atoms with Crippen LogP contribution in [0.1, 0.15) is 38.6 Å². The van der Waals surface area contributed by atoms with Crippen LogP contribution in [0.15, 0.2) is 50.8 Å². The lowest BCUT2D eigenvalue weighted by Gasteiger charge is -2.15. The molecule has 0 fully saturated rings. The van der Waals surface area contributed by atoms with E-state index in [-0.39, 0.29) is 29.2 Å². The fourth-order valence-corrected chi connectivity index (χ4v) is 3.54. The minimum Gasteiger partial charge on any atom is -0.478 e. The molecule has 0 unspecified atom stereocenters. The van der Waals surface area contributed by atoms with Crippen molar-refractivity contribution in [3.8, 4) is 5.75 Å². The highest BCUT2D eigenvalue weighted by molar-refractivity contribution is 9.10. The van der Waals surface area contributed by atoms with Gasteiger partial charge in [-0.1, -0.05) is 22.9 Å². The number of hydrogen-bond acceptors (Lipinski definition) is 8. The second-order valence-corrected chi connectivity index (χ2v) is 8.21. The lowest BCUT2D eigenvalue weighted by molar-refractivity contribution is -0.384. The van der Waals surface area contributed by atoms with Crippen molar-refractivity contribution in [3.05, 3.63) is 72.7 Å². The number of benzene rings is 2. The highest BCUT2D eigenvalue weighted by atomic mass is 79.9. The predicted molar refractivity (Wildman–Crippen MR) is 131 cm³/mol. The van der Waals surface area contributed by atoms with Gasteiger partial charge in [0.05, 0.1) is 28.6 Å². The van der Waals surface area contributed by atoms with E-state index < -0.39 is 17.0 Å². The number of nitro groups is 1. The van der Waals surface area contributed by atoms with Gasteiger partial charge in [0.1, 0.15) is 11.6 Å². The Labute approximate surface area is 203 Å². The number of ether oxygens (including phenoxy) is 2. The summed E-state index contributed by atoms with van der Waals surface area (Å²) in [5.74, 6) is 0.0531. The third-order valence-electron chi connectivity index (χ3n) is 4.79. The van der Waals surface area contributed by atoms with Crippen molar-refractivity contribution < 1.29 is 19.2 Å². The van der Waals surface area contributed by atoms with E-state index in [0.29, 0.717) is 23.1 Å². The number of rotatable bonds is 9. The van der Waals surface area contributed by atoms with E-state index >= 15 is 0 Å². The molecule has 34 heavy (non-hydrogen) atoms. The first-order valence-corrected chi connectivity index (χ1v) is 11.4. The molecule has 178 valence electrons. The number of nitro benzene ring substituents is 1. The first kappa shape index (κ1) is 25.0. The molecule has 0 aliphatic rings. The predicted octanol–water partition coefficient (Wildman–Crippen LogP) is 4.23. The van der Waals surface area contributed by atoms with Crippen molar-refractivity contribution in [1.82, 2.24) is 9.66 Å². The normalized spacial score (nSPS) is 12.1. The third kappa shape index (κ3) is 5.66. The Hall–Kier alpha value is -3.60. The Morgan fingerprint density at radius 2 is 2.06 bits per heavy atom. The molecule has 0 bridgehead atoms. The van der Waals surface area contributed by atoms with Gasteiger partial charge >= 0.3 is 5.97 Å². The van der Waals surface area contributed by atoms with Crippen LogP contribution in [-0.4, -0.2) is 39.5 Å². The Morgan fingerprint density at radius 3 is 2.74 bits per heavy atom. The highest BCUT2D eigenvalue weighted by Gasteiger charge is 2.19. The second-order valence-electron chi connectivity index (χ2n) is 7.29. The Kier molecular flexibility index (Phi) is 8.11. The molecule has 2 aromatic carbocycles. The van der Waals surface area contributed by atoms with Gasteiger partial charge in [-0.05, 0) is 44.5 Å². The summed E-state index contributed by atoms with van der Waals surface area (Å²) in [5, 5.41) is 16.0. The van der Waals surface area contributed by atoms with Crippen LogP contribution in [0.4, 0.5) is 5.69 Å². The number of halogens is 1. The molecular formula is C23H23BrN4O6. The van der Waals surface area contributed by atoms with Crippen LogP contribution in [0.5, 0.6) is 5.75 Å². The Morgan fingerprint density at radius 1 is 1.29 bits per heavy atom. The number of esters is 1. The number of hydrogen-bond donors (Lipinski definition) is 0. The lowest BCUT2D eigenvalue weighted by Crippen LogP contribution is -2.26. The van der Waals surface area contributed by atoms with E-state index in [1.807, 2.05) is 6.92 Å². The zero-order valence-electron chi connectivity index (χ0n) is 18.9. The number of fused-ring (bicyclic) bond motifs is 1. The summed E-state index contributed by atoms with van der Waals surface area (Å²) >= 11 is 3.36. The van der Waals surface area contributed by atoms with E-state index in [4.69, 9.17) is 9.47 Å². The monoisotopic (exact) mass is 530 g/mol. The van der Waals surface area contributed by atoms with Crippen molar-refractivity contribution in [2.45, 2.75) is 39.7 Å². The van der Waals surface area contributed by atoms with Crippen LogP contribution in [-0.2, 0) is 16.0 Å². The maximum atomic E-state index is 13.2. The molecule has 1 aromatic heterocycles. The molecule has 10 nitrogen and oxygen atoms in total. The van der Waals surface area contributed by atoms with Gasteiger partial charge < -0.3 is 9.47 Å². The van der Waals surface area contributed by atoms with Crippen LogP contribution in [0.3, 0.4) is 0 Å². The summed E-state index contributed by atoms with van der Waals surface area (Å²) in [6.07, 6.45) is 1.56. The largest absolute Gasteiger partial charge is 0.478 e. The number of non-ortho nitro benzene ring substituents is 1. The number of nitrogens with zero attached hydrogens (tertiary/aromatic N) is 4. The minimum absolute atomic E-state index is 0.177.